The van der Waals surface area contributed by atoms with Crippen molar-refractivity contribution in [2.24, 2.45) is 0 Å². The van der Waals surface area contributed by atoms with Crippen molar-refractivity contribution in [1.82, 2.24) is 4.90 Å². The van der Waals surface area contributed by atoms with Gasteiger partial charge in [-0.3, -0.25) is 4.79 Å². The molecule has 2 aliphatic heterocycles. The van der Waals surface area contributed by atoms with Crippen LogP contribution in [0.4, 0.5) is 0 Å². The van der Waals surface area contributed by atoms with Crippen LogP contribution in [0.15, 0.2) is 5.38 Å². The van der Waals surface area contributed by atoms with Gasteiger partial charge in [0.25, 0.3) is 0 Å². The number of alkyl halides is 1. The quantitative estimate of drug-likeness (QED) is 0.783. The molecule has 1 saturated heterocycles. The molecule has 2 aliphatic rings. The van der Waals surface area contributed by atoms with E-state index in [1.807, 2.05) is 10.3 Å². The van der Waals surface area contributed by atoms with Crippen LogP contribution in [0.25, 0.3) is 0 Å². The van der Waals surface area contributed by atoms with Crippen LogP contribution >= 0.6 is 27.3 Å². The van der Waals surface area contributed by atoms with Crippen molar-refractivity contribution >= 4 is 33.2 Å². The molecule has 3 heterocycles. The topological polar surface area (TPSA) is 38.8 Å². The maximum Gasteiger partial charge on any atom is 0.224 e. The Balaban J connectivity index is 1.77. The minimum absolute atomic E-state index is 0.200. The van der Waals surface area contributed by atoms with E-state index in [9.17, 15) is 4.79 Å². The zero-order valence-corrected chi connectivity index (χ0v) is 11.6. The number of likely N-dealkylation sites (tertiary alicyclic amines) is 1. The molecule has 0 N–H and O–H groups in total. The molecule has 92 valence electrons. The molecular formula is C11H12BrNO3S. The number of thiophene rings is 1. The molecule has 0 aliphatic carbocycles. The molecule has 1 aromatic heterocycles. The van der Waals surface area contributed by atoms with E-state index >= 15 is 0 Å². The van der Waals surface area contributed by atoms with Gasteiger partial charge in [-0.1, -0.05) is 15.9 Å². The molecule has 1 unspecified atom stereocenters. The van der Waals surface area contributed by atoms with Crippen molar-refractivity contribution in [3.8, 4) is 11.5 Å². The number of carbonyl (C=O) groups is 1. The SMILES string of the molecule is O=C1CC(Br)CN1Cc1scc2c1OCCO2. The van der Waals surface area contributed by atoms with E-state index < -0.39 is 0 Å². The van der Waals surface area contributed by atoms with Crippen molar-refractivity contribution in [2.45, 2.75) is 17.8 Å². The predicted molar refractivity (Wildman–Crippen MR) is 68.1 cm³/mol. The lowest BCUT2D eigenvalue weighted by Crippen LogP contribution is -2.25. The van der Waals surface area contributed by atoms with Gasteiger partial charge in [0, 0.05) is 23.2 Å². The summed E-state index contributed by atoms with van der Waals surface area (Å²) in [5, 5.41) is 1.95. The Morgan fingerprint density at radius 3 is 3.06 bits per heavy atom. The summed E-state index contributed by atoms with van der Waals surface area (Å²) in [7, 11) is 0. The second-order valence-electron chi connectivity index (χ2n) is 4.12. The maximum atomic E-state index is 11.7. The second kappa shape index (κ2) is 4.49. The van der Waals surface area contributed by atoms with Crippen LogP contribution in [0, 0.1) is 0 Å². The van der Waals surface area contributed by atoms with Crippen LogP contribution in [-0.4, -0.2) is 35.4 Å². The Labute approximate surface area is 112 Å². The van der Waals surface area contributed by atoms with Gasteiger partial charge in [-0.25, -0.2) is 0 Å². The number of amides is 1. The van der Waals surface area contributed by atoms with Crippen molar-refractivity contribution in [3.05, 3.63) is 10.3 Å². The smallest absolute Gasteiger partial charge is 0.224 e. The summed E-state index contributed by atoms with van der Waals surface area (Å²) < 4.78 is 11.1. The second-order valence-corrected chi connectivity index (χ2v) is 6.38. The third-order valence-electron chi connectivity index (χ3n) is 2.87. The first-order valence-corrected chi connectivity index (χ1v) is 7.31. The molecule has 1 aromatic rings. The maximum absolute atomic E-state index is 11.7. The molecule has 6 heteroatoms. The first-order valence-electron chi connectivity index (χ1n) is 5.52. The zero-order valence-electron chi connectivity index (χ0n) is 9.15. The van der Waals surface area contributed by atoms with Gasteiger partial charge in [0.05, 0.1) is 11.4 Å². The van der Waals surface area contributed by atoms with Gasteiger partial charge in [0.2, 0.25) is 5.91 Å². The molecule has 0 spiro atoms. The van der Waals surface area contributed by atoms with Crippen LogP contribution in [0.1, 0.15) is 11.3 Å². The van der Waals surface area contributed by atoms with Gasteiger partial charge in [-0.15, -0.1) is 11.3 Å². The normalized spacial score (nSPS) is 23.2. The van der Waals surface area contributed by atoms with Crippen molar-refractivity contribution in [3.63, 3.8) is 0 Å². The summed E-state index contributed by atoms with van der Waals surface area (Å²) in [5.74, 6) is 1.84. The monoisotopic (exact) mass is 317 g/mol. The standard InChI is InChI=1S/C11H12BrNO3S/c12-7-3-10(14)13(4-7)5-9-11-8(6-17-9)15-1-2-16-11/h6-7H,1-5H2. The van der Waals surface area contributed by atoms with Gasteiger partial charge >= 0.3 is 0 Å². The largest absolute Gasteiger partial charge is 0.485 e. The van der Waals surface area contributed by atoms with Crippen LogP contribution in [0.3, 0.4) is 0 Å². The number of halogens is 1. The van der Waals surface area contributed by atoms with Crippen LogP contribution in [0.2, 0.25) is 0 Å². The zero-order chi connectivity index (χ0) is 11.8. The number of hydrogen-bond donors (Lipinski definition) is 0. The summed E-state index contributed by atoms with van der Waals surface area (Å²) in [6, 6.07) is 0. The highest BCUT2D eigenvalue weighted by molar-refractivity contribution is 9.09. The highest BCUT2D eigenvalue weighted by Gasteiger charge is 2.29. The van der Waals surface area contributed by atoms with Crippen molar-refractivity contribution < 1.29 is 14.3 Å². The molecule has 0 bridgehead atoms. The number of carbonyl (C=O) groups excluding carboxylic acids is 1. The number of nitrogens with zero attached hydrogens (tertiary/aromatic N) is 1. The fourth-order valence-electron chi connectivity index (χ4n) is 2.07. The van der Waals surface area contributed by atoms with Gasteiger partial charge in [0.1, 0.15) is 13.2 Å². The third-order valence-corrected chi connectivity index (χ3v) is 4.42. The van der Waals surface area contributed by atoms with E-state index in [0.717, 1.165) is 22.9 Å². The lowest BCUT2D eigenvalue weighted by molar-refractivity contribution is -0.128. The van der Waals surface area contributed by atoms with Crippen molar-refractivity contribution in [1.29, 1.82) is 0 Å². The first-order chi connectivity index (χ1) is 8.24. The molecule has 0 aromatic carbocycles. The summed E-state index contributed by atoms with van der Waals surface area (Å²) in [6.07, 6.45) is 0.588. The fraction of sp³-hybridized carbons (Fsp3) is 0.545. The van der Waals surface area contributed by atoms with Crippen LogP contribution < -0.4 is 9.47 Å². The number of ether oxygens (including phenoxy) is 2. The Bertz CT molecular complexity index is 448. The highest BCUT2D eigenvalue weighted by atomic mass is 79.9. The summed E-state index contributed by atoms with van der Waals surface area (Å²) in [6.45, 7) is 2.59. The lowest BCUT2D eigenvalue weighted by Gasteiger charge is -2.19. The van der Waals surface area contributed by atoms with Crippen LogP contribution in [-0.2, 0) is 11.3 Å². The molecule has 3 rings (SSSR count). The minimum atomic E-state index is 0.200. The Kier molecular flexibility index (Phi) is 3.00. The first kappa shape index (κ1) is 11.3. The van der Waals surface area contributed by atoms with E-state index in [0.29, 0.717) is 26.2 Å². The number of fused-ring (bicyclic) bond motifs is 1. The fourth-order valence-corrected chi connectivity index (χ4v) is 3.62. The Morgan fingerprint density at radius 1 is 1.47 bits per heavy atom. The average Bonchev–Trinajstić information content (AvgIpc) is 2.85. The van der Waals surface area contributed by atoms with E-state index in [4.69, 9.17) is 9.47 Å². The molecule has 17 heavy (non-hydrogen) atoms. The van der Waals surface area contributed by atoms with Gasteiger partial charge in [0.15, 0.2) is 11.5 Å². The Morgan fingerprint density at radius 2 is 2.29 bits per heavy atom. The van der Waals surface area contributed by atoms with Gasteiger partial charge in [-0.05, 0) is 0 Å². The molecule has 0 saturated carbocycles. The van der Waals surface area contributed by atoms with Crippen molar-refractivity contribution in [2.75, 3.05) is 19.8 Å². The summed E-state index contributed by atoms with van der Waals surface area (Å²) in [4.78, 5) is 14.9. The molecule has 0 radical (unpaired) electrons. The van der Waals surface area contributed by atoms with E-state index in [1.165, 1.54) is 0 Å². The van der Waals surface area contributed by atoms with Gasteiger partial charge in [-0.2, -0.15) is 0 Å². The lowest BCUT2D eigenvalue weighted by atomic mass is 10.3. The molecule has 4 nitrogen and oxygen atoms in total. The minimum Gasteiger partial charge on any atom is -0.485 e. The molecular weight excluding hydrogens is 306 g/mol. The van der Waals surface area contributed by atoms with E-state index in [-0.39, 0.29) is 10.7 Å². The van der Waals surface area contributed by atoms with Gasteiger partial charge < -0.3 is 14.4 Å². The number of rotatable bonds is 2. The van der Waals surface area contributed by atoms with Crippen LogP contribution in [0.5, 0.6) is 11.5 Å². The average molecular weight is 318 g/mol. The Hall–Kier alpha value is -0.750. The van der Waals surface area contributed by atoms with E-state index in [2.05, 4.69) is 15.9 Å². The third kappa shape index (κ3) is 2.15. The number of hydrogen-bond acceptors (Lipinski definition) is 4. The molecule has 1 atom stereocenters. The summed E-state index contributed by atoms with van der Waals surface area (Å²) >= 11 is 5.08. The van der Waals surface area contributed by atoms with E-state index in [1.54, 1.807) is 11.3 Å². The summed E-state index contributed by atoms with van der Waals surface area (Å²) in [5.41, 5.74) is 0. The molecule has 1 fully saturated rings. The predicted octanol–water partition coefficient (Wildman–Crippen LogP) is 2.02. The molecule has 1 amide bonds. The highest BCUT2D eigenvalue weighted by Crippen LogP contribution is 2.40.